The fraction of sp³-hybridized carbons (Fsp3) is 0.0714. The van der Waals surface area contributed by atoms with Gasteiger partial charge in [-0.3, -0.25) is 0 Å². The predicted octanol–water partition coefficient (Wildman–Crippen LogP) is 5.16. The van der Waals surface area contributed by atoms with Gasteiger partial charge >= 0.3 is 0 Å². The fourth-order valence-corrected chi connectivity index (χ4v) is 3.23. The van der Waals surface area contributed by atoms with Gasteiger partial charge in [0.2, 0.25) is 0 Å². The van der Waals surface area contributed by atoms with Crippen LogP contribution in [-0.4, -0.2) is 9.97 Å². The molecule has 0 aliphatic heterocycles. The van der Waals surface area contributed by atoms with Gasteiger partial charge in [0.15, 0.2) is 5.16 Å². The first-order valence-electron chi connectivity index (χ1n) is 5.74. The number of para-hydroxylation sites is 2. The van der Waals surface area contributed by atoms with Gasteiger partial charge in [-0.2, -0.15) is 0 Å². The van der Waals surface area contributed by atoms with E-state index in [1.807, 2.05) is 36.4 Å². The third-order valence-corrected chi connectivity index (χ3v) is 4.26. The van der Waals surface area contributed by atoms with E-state index >= 15 is 0 Å². The summed E-state index contributed by atoms with van der Waals surface area (Å²) in [4.78, 5) is 7.79. The topological polar surface area (TPSA) is 28.7 Å². The number of thioether (sulfide) groups is 1. The number of imidazole rings is 1. The van der Waals surface area contributed by atoms with Gasteiger partial charge in [0.1, 0.15) is 0 Å². The molecule has 3 aromatic rings. The van der Waals surface area contributed by atoms with Crippen LogP contribution < -0.4 is 0 Å². The van der Waals surface area contributed by atoms with Gasteiger partial charge in [-0.1, -0.05) is 53.2 Å². The molecule has 0 aliphatic carbocycles. The number of halogens is 2. The number of aromatic amines is 1. The van der Waals surface area contributed by atoms with E-state index in [1.54, 1.807) is 17.8 Å². The van der Waals surface area contributed by atoms with Crippen LogP contribution in [0.4, 0.5) is 0 Å². The summed E-state index contributed by atoms with van der Waals surface area (Å²) < 4.78 is 0. The molecule has 19 heavy (non-hydrogen) atoms. The minimum absolute atomic E-state index is 0.655. The van der Waals surface area contributed by atoms with Crippen molar-refractivity contribution in [2.24, 2.45) is 0 Å². The van der Waals surface area contributed by atoms with Gasteiger partial charge in [0.25, 0.3) is 0 Å². The molecule has 0 amide bonds. The molecule has 0 saturated carbocycles. The monoisotopic (exact) mass is 308 g/mol. The van der Waals surface area contributed by atoms with E-state index in [0.717, 1.165) is 27.5 Å². The number of nitrogens with one attached hydrogen (secondary N) is 1. The second kappa shape index (κ2) is 5.45. The van der Waals surface area contributed by atoms with Crippen LogP contribution in [0.3, 0.4) is 0 Å². The van der Waals surface area contributed by atoms with Crippen LogP contribution in [-0.2, 0) is 5.75 Å². The summed E-state index contributed by atoms with van der Waals surface area (Å²) in [6.07, 6.45) is 0. The van der Waals surface area contributed by atoms with E-state index in [2.05, 4.69) is 9.97 Å². The van der Waals surface area contributed by atoms with Crippen molar-refractivity contribution in [1.29, 1.82) is 0 Å². The third kappa shape index (κ3) is 2.89. The average Bonchev–Trinajstić information content (AvgIpc) is 2.80. The second-order valence-electron chi connectivity index (χ2n) is 4.08. The Morgan fingerprint density at radius 1 is 1.11 bits per heavy atom. The molecule has 3 rings (SSSR count). The number of rotatable bonds is 3. The summed E-state index contributed by atoms with van der Waals surface area (Å²) >= 11 is 13.6. The maximum Gasteiger partial charge on any atom is 0.166 e. The highest BCUT2D eigenvalue weighted by Crippen LogP contribution is 2.28. The van der Waals surface area contributed by atoms with Crippen LogP contribution in [0.5, 0.6) is 0 Å². The Labute approximate surface area is 125 Å². The summed E-state index contributed by atoms with van der Waals surface area (Å²) in [5.41, 5.74) is 3.08. The van der Waals surface area contributed by atoms with Crippen molar-refractivity contribution in [1.82, 2.24) is 9.97 Å². The Morgan fingerprint density at radius 2 is 1.95 bits per heavy atom. The Bertz CT molecular complexity index is 691. The van der Waals surface area contributed by atoms with Crippen LogP contribution in [0.25, 0.3) is 11.0 Å². The number of fused-ring (bicyclic) bond motifs is 1. The van der Waals surface area contributed by atoms with E-state index in [-0.39, 0.29) is 0 Å². The molecule has 0 bridgehead atoms. The molecule has 2 nitrogen and oxygen atoms in total. The van der Waals surface area contributed by atoms with Crippen molar-refractivity contribution in [2.75, 3.05) is 0 Å². The molecule has 1 aromatic heterocycles. The second-order valence-corrected chi connectivity index (χ2v) is 5.89. The van der Waals surface area contributed by atoms with Crippen LogP contribution in [0.1, 0.15) is 5.56 Å². The molecule has 2 aromatic carbocycles. The number of H-pyrrole nitrogens is 1. The molecule has 0 spiro atoms. The molecule has 5 heteroatoms. The van der Waals surface area contributed by atoms with Gasteiger partial charge in [0.05, 0.1) is 11.0 Å². The highest BCUT2D eigenvalue weighted by molar-refractivity contribution is 7.98. The number of nitrogens with zero attached hydrogens (tertiary/aromatic N) is 1. The van der Waals surface area contributed by atoms with Crippen molar-refractivity contribution >= 4 is 46.0 Å². The van der Waals surface area contributed by atoms with Crippen molar-refractivity contribution < 1.29 is 0 Å². The normalized spacial score (nSPS) is 11.1. The zero-order valence-electron chi connectivity index (χ0n) is 9.86. The molecule has 0 aliphatic rings. The first-order chi connectivity index (χ1) is 9.22. The lowest BCUT2D eigenvalue weighted by atomic mass is 10.2. The first-order valence-corrected chi connectivity index (χ1v) is 7.48. The molecule has 0 unspecified atom stereocenters. The molecule has 0 atom stereocenters. The van der Waals surface area contributed by atoms with Gasteiger partial charge in [0, 0.05) is 15.8 Å². The highest BCUT2D eigenvalue weighted by atomic mass is 35.5. The molecule has 1 N–H and O–H groups in total. The van der Waals surface area contributed by atoms with Gasteiger partial charge in [-0.15, -0.1) is 0 Å². The molecular weight excluding hydrogens is 299 g/mol. The molecule has 0 radical (unpaired) electrons. The maximum absolute atomic E-state index is 6.15. The van der Waals surface area contributed by atoms with Crippen LogP contribution in [0.15, 0.2) is 47.6 Å². The average molecular weight is 309 g/mol. The summed E-state index contributed by atoms with van der Waals surface area (Å²) in [5, 5.41) is 2.24. The zero-order chi connectivity index (χ0) is 13.2. The number of aromatic nitrogens is 2. The Kier molecular flexibility index (Phi) is 3.69. The predicted molar refractivity (Wildman–Crippen MR) is 82.1 cm³/mol. The van der Waals surface area contributed by atoms with Crippen LogP contribution in [0.2, 0.25) is 10.0 Å². The Hall–Kier alpha value is -1.16. The number of hydrogen-bond donors (Lipinski definition) is 1. The minimum atomic E-state index is 0.655. The maximum atomic E-state index is 6.15. The van der Waals surface area contributed by atoms with E-state index in [1.165, 1.54) is 0 Å². The van der Waals surface area contributed by atoms with Crippen molar-refractivity contribution in [3.8, 4) is 0 Å². The van der Waals surface area contributed by atoms with E-state index in [4.69, 9.17) is 23.2 Å². The summed E-state index contributed by atoms with van der Waals surface area (Å²) in [6, 6.07) is 13.5. The number of benzene rings is 2. The van der Waals surface area contributed by atoms with Gasteiger partial charge in [-0.25, -0.2) is 4.98 Å². The molecule has 1 heterocycles. The Morgan fingerprint density at radius 3 is 2.74 bits per heavy atom. The quantitative estimate of drug-likeness (QED) is 0.677. The van der Waals surface area contributed by atoms with Crippen molar-refractivity contribution in [2.45, 2.75) is 10.9 Å². The van der Waals surface area contributed by atoms with E-state index in [9.17, 15) is 0 Å². The molecule has 0 fully saturated rings. The highest BCUT2D eigenvalue weighted by Gasteiger charge is 2.05. The zero-order valence-corrected chi connectivity index (χ0v) is 12.2. The molecule has 96 valence electrons. The van der Waals surface area contributed by atoms with Crippen molar-refractivity contribution in [3.05, 3.63) is 58.1 Å². The van der Waals surface area contributed by atoms with Crippen molar-refractivity contribution in [3.63, 3.8) is 0 Å². The standard InChI is InChI=1S/C14H10Cl2N2S/c15-10-6-5-9(11(16)7-10)8-19-14-17-12-3-1-2-4-13(12)18-14/h1-7H,8H2,(H,17,18). The van der Waals surface area contributed by atoms with Crippen LogP contribution >= 0.6 is 35.0 Å². The Balaban J connectivity index is 1.78. The fourth-order valence-electron chi connectivity index (χ4n) is 1.78. The summed E-state index contributed by atoms with van der Waals surface area (Å²) in [7, 11) is 0. The minimum Gasteiger partial charge on any atom is -0.333 e. The first kappa shape index (κ1) is 12.9. The third-order valence-electron chi connectivity index (χ3n) is 2.75. The van der Waals surface area contributed by atoms with E-state index < -0.39 is 0 Å². The molecular formula is C14H10Cl2N2S. The SMILES string of the molecule is Clc1ccc(CSc2nc3ccccc3[nH]2)c(Cl)c1. The summed E-state index contributed by atoms with van der Waals surface area (Å²) in [6.45, 7) is 0. The molecule has 0 saturated heterocycles. The van der Waals surface area contributed by atoms with E-state index in [0.29, 0.717) is 10.0 Å². The van der Waals surface area contributed by atoms with Gasteiger partial charge < -0.3 is 4.98 Å². The van der Waals surface area contributed by atoms with Crippen LogP contribution in [0, 0.1) is 0 Å². The lowest BCUT2D eigenvalue weighted by Crippen LogP contribution is -1.83. The smallest absolute Gasteiger partial charge is 0.166 e. The largest absolute Gasteiger partial charge is 0.333 e. The van der Waals surface area contributed by atoms with Gasteiger partial charge in [-0.05, 0) is 29.8 Å². The number of hydrogen-bond acceptors (Lipinski definition) is 2. The lowest BCUT2D eigenvalue weighted by molar-refractivity contribution is 1.08. The summed E-state index contributed by atoms with van der Waals surface area (Å²) in [5.74, 6) is 0.760. The lowest BCUT2D eigenvalue weighted by Gasteiger charge is -2.02.